The van der Waals surface area contributed by atoms with Crippen LogP contribution in [0.4, 0.5) is 0 Å². The Bertz CT molecular complexity index is 577. The van der Waals surface area contributed by atoms with Crippen molar-refractivity contribution < 1.29 is 4.79 Å². The van der Waals surface area contributed by atoms with E-state index in [9.17, 15) is 4.79 Å². The summed E-state index contributed by atoms with van der Waals surface area (Å²) in [4.78, 5) is 16.0. The van der Waals surface area contributed by atoms with Gasteiger partial charge in [0.25, 0.3) is 0 Å². The van der Waals surface area contributed by atoms with Gasteiger partial charge in [0.15, 0.2) is 0 Å². The highest BCUT2D eigenvalue weighted by atomic mass is 16.2. The SMILES string of the molecule is CCCNC(=O)C(C)NCc1cncc2ccccc12. The number of carbonyl (C=O) groups is 1. The zero-order chi connectivity index (χ0) is 14.4. The molecule has 20 heavy (non-hydrogen) atoms. The highest BCUT2D eigenvalue weighted by Gasteiger charge is 2.11. The molecule has 0 saturated heterocycles. The molecule has 106 valence electrons. The third-order valence-electron chi connectivity index (χ3n) is 3.29. The van der Waals surface area contributed by atoms with Crippen LogP contribution in [0.1, 0.15) is 25.8 Å². The monoisotopic (exact) mass is 271 g/mol. The summed E-state index contributed by atoms with van der Waals surface area (Å²) in [6, 6.07) is 7.94. The molecule has 0 fully saturated rings. The first-order valence-corrected chi connectivity index (χ1v) is 7.05. The molecule has 1 aromatic carbocycles. The van der Waals surface area contributed by atoms with E-state index in [1.807, 2.05) is 44.4 Å². The van der Waals surface area contributed by atoms with Crippen LogP contribution in [0.3, 0.4) is 0 Å². The topological polar surface area (TPSA) is 54.0 Å². The maximum Gasteiger partial charge on any atom is 0.236 e. The molecule has 2 N–H and O–H groups in total. The van der Waals surface area contributed by atoms with Gasteiger partial charge < -0.3 is 10.6 Å². The number of rotatable bonds is 6. The minimum absolute atomic E-state index is 0.0417. The van der Waals surface area contributed by atoms with E-state index in [2.05, 4.69) is 21.7 Å². The number of benzene rings is 1. The van der Waals surface area contributed by atoms with Crippen LogP contribution in [0.25, 0.3) is 10.8 Å². The molecule has 1 amide bonds. The Morgan fingerprint density at radius 1 is 1.30 bits per heavy atom. The Labute approximate surface area is 119 Å². The minimum Gasteiger partial charge on any atom is -0.355 e. The summed E-state index contributed by atoms with van der Waals surface area (Å²) in [5.74, 6) is 0.0417. The minimum atomic E-state index is -0.208. The van der Waals surface area contributed by atoms with Crippen molar-refractivity contribution in [3.63, 3.8) is 0 Å². The predicted molar refractivity (Wildman–Crippen MR) is 81.3 cm³/mol. The average Bonchev–Trinajstić information content (AvgIpc) is 2.50. The number of aromatic nitrogens is 1. The molecule has 2 rings (SSSR count). The summed E-state index contributed by atoms with van der Waals surface area (Å²) in [5.41, 5.74) is 1.11. The first-order chi connectivity index (χ1) is 9.72. The predicted octanol–water partition coefficient (Wildman–Crippen LogP) is 2.24. The van der Waals surface area contributed by atoms with Crippen molar-refractivity contribution in [2.45, 2.75) is 32.9 Å². The lowest BCUT2D eigenvalue weighted by molar-refractivity contribution is -0.122. The number of nitrogens with one attached hydrogen (secondary N) is 2. The Hall–Kier alpha value is -1.94. The lowest BCUT2D eigenvalue weighted by Gasteiger charge is -2.14. The van der Waals surface area contributed by atoms with Gasteiger partial charge in [-0.25, -0.2) is 0 Å². The first kappa shape index (κ1) is 14.5. The molecular weight excluding hydrogens is 250 g/mol. The molecule has 0 aliphatic rings. The van der Waals surface area contributed by atoms with Gasteiger partial charge in [0.05, 0.1) is 6.04 Å². The fourth-order valence-corrected chi connectivity index (χ4v) is 2.08. The molecule has 0 aliphatic heterocycles. The van der Waals surface area contributed by atoms with E-state index in [1.54, 1.807) is 0 Å². The number of hydrogen-bond acceptors (Lipinski definition) is 3. The van der Waals surface area contributed by atoms with E-state index in [4.69, 9.17) is 0 Å². The second-order valence-corrected chi connectivity index (χ2v) is 4.91. The average molecular weight is 271 g/mol. The molecule has 1 heterocycles. The molecule has 4 heteroatoms. The molecule has 2 aromatic rings. The molecule has 0 bridgehead atoms. The maximum atomic E-state index is 11.8. The van der Waals surface area contributed by atoms with Crippen LogP contribution in [0.2, 0.25) is 0 Å². The largest absolute Gasteiger partial charge is 0.355 e. The van der Waals surface area contributed by atoms with E-state index >= 15 is 0 Å². The highest BCUT2D eigenvalue weighted by Crippen LogP contribution is 2.16. The Morgan fingerprint density at radius 3 is 2.90 bits per heavy atom. The first-order valence-electron chi connectivity index (χ1n) is 7.05. The summed E-state index contributed by atoms with van der Waals surface area (Å²) >= 11 is 0. The molecule has 1 aromatic heterocycles. The second-order valence-electron chi connectivity index (χ2n) is 4.91. The maximum absolute atomic E-state index is 11.8. The van der Waals surface area contributed by atoms with Crippen LogP contribution in [0.5, 0.6) is 0 Å². The van der Waals surface area contributed by atoms with Crippen LogP contribution in [-0.2, 0) is 11.3 Å². The number of hydrogen-bond donors (Lipinski definition) is 2. The Morgan fingerprint density at radius 2 is 2.10 bits per heavy atom. The van der Waals surface area contributed by atoms with Crippen molar-refractivity contribution in [3.8, 4) is 0 Å². The molecule has 4 nitrogen and oxygen atoms in total. The van der Waals surface area contributed by atoms with Crippen LogP contribution >= 0.6 is 0 Å². The van der Waals surface area contributed by atoms with Crippen LogP contribution < -0.4 is 10.6 Å². The number of carbonyl (C=O) groups excluding carboxylic acids is 1. The molecule has 0 aliphatic carbocycles. The van der Waals surface area contributed by atoms with Gasteiger partial charge in [-0.05, 0) is 24.3 Å². The van der Waals surface area contributed by atoms with E-state index in [-0.39, 0.29) is 11.9 Å². The fourth-order valence-electron chi connectivity index (χ4n) is 2.08. The summed E-state index contributed by atoms with van der Waals surface area (Å²) < 4.78 is 0. The Kier molecular flexibility index (Phi) is 5.07. The van der Waals surface area contributed by atoms with Crippen molar-refractivity contribution >= 4 is 16.7 Å². The van der Waals surface area contributed by atoms with E-state index < -0.39 is 0 Å². The number of fused-ring (bicyclic) bond motifs is 1. The zero-order valence-corrected chi connectivity index (χ0v) is 12.0. The van der Waals surface area contributed by atoms with Gasteiger partial charge >= 0.3 is 0 Å². The molecular formula is C16H21N3O. The summed E-state index contributed by atoms with van der Waals surface area (Å²) in [7, 11) is 0. The third kappa shape index (κ3) is 3.54. The van der Waals surface area contributed by atoms with Gasteiger partial charge in [0, 0.05) is 30.9 Å². The molecule has 0 spiro atoms. The van der Waals surface area contributed by atoms with E-state index in [0.717, 1.165) is 23.9 Å². The number of nitrogens with zero attached hydrogens (tertiary/aromatic N) is 1. The summed E-state index contributed by atoms with van der Waals surface area (Å²) in [6.07, 6.45) is 4.66. The van der Waals surface area contributed by atoms with Crippen LogP contribution in [0, 0.1) is 0 Å². The van der Waals surface area contributed by atoms with E-state index in [1.165, 1.54) is 5.39 Å². The number of amides is 1. The summed E-state index contributed by atoms with van der Waals surface area (Å²) in [5, 5.41) is 8.43. The van der Waals surface area contributed by atoms with Crippen molar-refractivity contribution in [2.24, 2.45) is 0 Å². The lowest BCUT2D eigenvalue weighted by Crippen LogP contribution is -2.42. The van der Waals surface area contributed by atoms with Crippen molar-refractivity contribution in [3.05, 3.63) is 42.2 Å². The second kappa shape index (κ2) is 7.01. The van der Waals surface area contributed by atoms with Crippen molar-refractivity contribution in [1.29, 1.82) is 0 Å². The van der Waals surface area contributed by atoms with Gasteiger partial charge in [-0.15, -0.1) is 0 Å². The van der Waals surface area contributed by atoms with Gasteiger partial charge in [0.1, 0.15) is 0 Å². The molecule has 0 radical (unpaired) electrons. The normalized spacial score (nSPS) is 12.3. The third-order valence-corrected chi connectivity index (χ3v) is 3.29. The van der Waals surface area contributed by atoms with Crippen LogP contribution in [0.15, 0.2) is 36.7 Å². The lowest BCUT2D eigenvalue weighted by atomic mass is 10.1. The van der Waals surface area contributed by atoms with Crippen molar-refractivity contribution in [1.82, 2.24) is 15.6 Å². The smallest absolute Gasteiger partial charge is 0.236 e. The number of pyridine rings is 1. The van der Waals surface area contributed by atoms with Gasteiger partial charge in [-0.1, -0.05) is 31.2 Å². The standard InChI is InChI=1S/C16H21N3O/c1-3-8-18-16(20)12(2)19-11-14-10-17-9-13-6-4-5-7-15(13)14/h4-7,9-10,12,19H,3,8,11H2,1-2H3,(H,18,20). The van der Waals surface area contributed by atoms with Gasteiger partial charge in [-0.2, -0.15) is 0 Å². The fraction of sp³-hybridized carbons (Fsp3) is 0.375. The zero-order valence-electron chi connectivity index (χ0n) is 12.0. The highest BCUT2D eigenvalue weighted by molar-refractivity contribution is 5.85. The quantitative estimate of drug-likeness (QED) is 0.847. The molecule has 1 unspecified atom stereocenters. The van der Waals surface area contributed by atoms with Crippen LogP contribution in [-0.4, -0.2) is 23.5 Å². The molecule has 1 atom stereocenters. The summed E-state index contributed by atoms with van der Waals surface area (Å²) in [6.45, 7) is 5.28. The van der Waals surface area contributed by atoms with Gasteiger partial charge in [-0.3, -0.25) is 9.78 Å². The van der Waals surface area contributed by atoms with Gasteiger partial charge in [0.2, 0.25) is 5.91 Å². The van der Waals surface area contributed by atoms with E-state index in [0.29, 0.717) is 6.54 Å². The Balaban J connectivity index is 2.00. The van der Waals surface area contributed by atoms with Crippen molar-refractivity contribution in [2.75, 3.05) is 6.54 Å². The molecule has 0 saturated carbocycles.